The lowest BCUT2D eigenvalue weighted by Gasteiger charge is -2.35. The number of fused-ring (bicyclic) bond motifs is 3. The zero-order chi connectivity index (χ0) is 15.4. The van der Waals surface area contributed by atoms with Gasteiger partial charge in [0.2, 0.25) is 6.20 Å². The minimum Gasteiger partial charge on any atom is -0.342 e. The maximum Gasteiger partial charge on any atom is 0.233 e. The normalized spacial score (nSPS) is 43.7. The van der Waals surface area contributed by atoms with Crippen LogP contribution < -0.4 is 0 Å². The summed E-state index contributed by atoms with van der Waals surface area (Å²) in [7, 11) is 0. The third-order valence-electron chi connectivity index (χ3n) is 3.59. The first-order valence-corrected chi connectivity index (χ1v) is 6.85. The fourth-order valence-electron chi connectivity index (χ4n) is 2.95. The van der Waals surface area contributed by atoms with Gasteiger partial charge in [-0.2, -0.15) is 0 Å². The number of nitro groups is 1. The number of rotatable bonds is 2. The highest BCUT2D eigenvalue weighted by molar-refractivity contribution is 5.05. The van der Waals surface area contributed by atoms with E-state index in [1.165, 1.54) is 6.08 Å². The van der Waals surface area contributed by atoms with Crippen LogP contribution in [0.4, 0.5) is 0 Å². The predicted molar refractivity (Wildman–Crippen MR) is 68.7 cm³/mol. The van der Waals surface area contributed by atoms with Gasteiger partial charge in [0.1, 0.15) is 24.4 Å². The maximum absolute atomic E-state index is 10.5. The van der Waals surface area contributed by atoms with Gasteiger partial charge in [-0.05, 0) is 27.7 Å². The van der Waals surface area contributed by atoms with Crippen molar-refractivity contribution in [1.82, 2.24) is 0 Å². The second kappa shape index (κ2) is 4.72. The zero-order valence-electron chi connectivity index (χ0n) is 12.3. The standard InChI is InChI=1S/C13H19NO7/c1-12(2)18-8-7(5-6-14(15)16)17-11-10(9(8)19-12)20-13(3,4)21-11/h5-11H,1-4H3/b6-5-/t7-,8+,9+,10+,11-/m0/s1. The van der Waals surface area contributed by atoms with Gasteiger partial charge in [0.05, 0.1) is 4.92 Å². The minimum absolute atomic E-state index is 0.401. The molecule has 0 N–H and O–H groups in total. The van der Waals surface area contributed by atoms with Crippen molar-refractivity contribution in [2.45, 2.75) is 70.0 Å². The van der Waals surface area contributed by atoms with Crippen molar-refractivity contribution in [3.05, 3.63) is 22.4 Å². The molecule has 0 spiro atoms. The van der Waals surface area contributed by atoms with Crippen LogP contribution in [0.15, 0.2) is 12.3 Å². The summed E-state index contributed by atoms with van der Waals surface area (Å²) in [4.78, 5) is 9.99. The third kappa shape index (κ3) is 2.82. The molecule has 3 aliphatic rings. The molecule has 5 atom stereocenters. The van der Waals surface area contributed by atoms with E-state index in [0.717, 1.165) is 6.20 Å². The molecule has 8 heteroatoms. The van der Waals surface area contributed by atoms with Crippen molar-refractivity contribution < 1.29 is 28.6 Å². The van der Waals surface area contributed by atoms with Gasteiger partial charge in [0.15, 0.2) is 17.9 Å². The lowest BCUT2D eigenvalue weighted by molar-refractivity contribution is -0.403. The summed E-state index contributed by atoms with van der Waals surface area (Å²) in [6.07, 6.45) is -0.365. The molecule has 0 aromatic carbocycles. The number of hydrogen-bond acceptors (Lipinski definition) is 7. The highest BCUT2D eigenvalue weighted by Crippen LogP contribution is 2.44. The van der Waals surface area contributed by atoms with Crippen molar-refractivity contribution in [3.63, 3.8) is 0 Å². The Hall–Kier alpha value is -1.06. The first-order valence-electron chi connectivity index (χ1n) is 6.85. The van der Waals surface area contributed by atoms with Gasteiger partial charge >= 0.3 is 0 Å². The van der Waals surface area contributed by atoms with E-state index in [9.17, 15) is 10.1 Å². The Bertz CT molecular complexity index is 475. The summed E-state index contributed by atoms with van der Waals surface area (Å²) in [5.74, 6) is -1.60. The summed E-state index contributed by atoms with van der Waals surface area (Å²) in [5, 5.41) is 10.5. The van der Waals surface area contributed by atoms with Crippen molar-refractivity contribution in [1.29, 1.82) is 0 Å². The van der Waals surface area contributed by atoms with Crippen LogP contribution in [0.25, 0.3) is 0 Å². The van der Waals surface area contributed by atoms with Crippen LogP contribution >= 0.6 is 0 Å². The molecule has 3 fully saturated rings. The van der Waals surface area contributed by atoms with Crippen molar-refractivity contribution in [3.8, 4) is 0 Å². The van der Waals surface area contributed by atoms with Gasteiger partial charge < -0.3 is 23.7 Å². The Labute approximate surface area is 122 Å². The van der Waals surface area contributed by atoms with Gasteiger partial charge in [0.25, 0.3) is 0 Å². The molecule has 8 nitrogen and oxygen atoms in total. The lowest BCUT2D eigenvalue weighted by atomic mass is 9.99. The van der Waals surface area contributed by atoms with Crippen molar-refractivity contribution in [2.24, 2.45) is 0 Å². The summed E-state index contributed by atoms with van der Waals surface area (Å²) in [6, 6.07) is 0. The largest absolute Gasteiger partial charge is 0.342 e. The fourth-order valence-corrected chi connectivity index (χ4v) is 2.95. The summed E-state index contributed by atoms with van der Waals surface area (Å²) in [6.45, 7) is 7.14. The van der Waals surface area contributed by atoms with E-state index < -0.39 is 47.2 Å². The first-order chi connectivity index (χ1) is 9.67. The van der Waals surface area contributed by atoms with E-state index in [1.54, 1.807) is 27.7 Å². The number of hydrogen-bond donors (Lipinski definition) is 0. The summed E-state index contributed by atoms with van der Waals surface area (Å²) in [5.41, 5.74) is 0. The average molecular weight is 301 g/mol. The molecule has 118 valence electrons. The number of nitrogens with zero attached hydrogens (tertiary/aromatic N) is 1. The number of ether oxygens (including phenoxy) is 5. The molecular weight excluding hydrogens is 282 g/mol. The van der Waals surface area contributed by atoms with E-state index in [4.69, 9.17) is 23.7 Å². The van der Waals surface area contributed by atoms with Crippen LogP contribution in [-0.4, -0.2) is 47.2 Å². The van der Waals surface area contributed by atoms with Crippen LogP contribution in [0.2, 0.25) is 0 Å². The van der Waals surface area contributed by atoms with E-state index >= 15 is 0 Å². The molecule has 0 radical (unpaired) electrons. The second-order valence-corrected chi connectivity index (χ2v) is 6.26. The third-order valence-corrected chi connectivity index (χ3v) is 3.59. The smallest absolute Gasteiger partial charge is 0.233 e. The Morgan fingerprint density at radius 2 is 1.52 bits per heavy atom. The first kappa shape index (κ1) is 14.9. The molecule has 3 aliphatic heterocycles. The molecule has 0 amide bonds. The molecule has 0 aliphatic carbocycles. The van der Waals surface area contributed by atoms with Gasteiger partial charge in [-0.25, -0.2) is 0 Å². The van der Waals surface area contributed by atoms with E-state index in [2.05, 4.69) is 0 Å². The molecule has 0 unspecified atom stereocenters. The molecule has 0 saturated carbocycles. The Kier molecular flexibility index (Phi) is 3.34. The van der Waals surface area contributed by atoms with Crippen molar-refractivity contribution >= 4 is 0 Å². The average Bonchev–Trinajstić information content (AvgIpc) is 2.80. The summed E-state index contributed by atoms with van der Waals surface area (Å²) < 4.78 is 29.0. The maximum atomic E-state index is 10.5. The Morgan fingerprint density at radius 1 is 0.952 bits per heavy atom. The SMILES string of the molecule is CC1(C)O[C@@H]2O[C@@H](/C=C\[N+](=O)[O-])[C@H]3OC(C)(C)O[C@H]3[C@H]2O1. The van der Waals surface area contributed by atoms with Crippen LogP contribution in [0.3, 0.4) is 0 Å². The molecule has 3 rings (SSSR count). The van der Waals surface area contributed by atoms with Crippen molar-refractivity contribution in [2.75, 3.05) is 0 Å². The lowest BCUT2D eigenvalue weighted by Crippen LogP contribution is -2.54. The van der Waals surface area contributed by atoms with E-state index in [0.29, 0.717) is 0 Å². The molecule has 3 heterocycles. The zero-order valence-corrected chi connectivity index (χ0v) is 12.3. The van der Waals surface area contributed by atoms with Gasteiger partial charge in [0, 0.05) is 6.08 Å². The Morgan fingerprint density at radius 3 is 2.19 bits per heavy atom. The van der Waals surface area contributed by atoms with Gasteiger partial charge in [-0.1, -0.05) is 0 Å². The minimum atomic E-state index is -0.801. The fraction of sp³-hybridized carbons (Fsp3) is 0.846. The summed E-state index contributed by atoms with van der Waals surface area (Å²) >= 11 is 0. The van der Waals surface area contributed by atoms with Gasteiger partial charge in [-0.15, -0.1) is 0 Å². The second-order valence-electron chi connectivity index (χ2n) is 6.26. The molecular formula is C13H19NO7. The molecule has 3 saturated heterocycles. The molecule has 0 aromatic rings. The van der Waals surface area contributed by atoms with Gasteiger partial charge in [-0.3, -0.25) is 10.1 Å². The predicted octanol–water partition coefficient (Wildman–Crippen LogP) is 1.17. The molecule has 21 heavy (non-hydrogen) atoms. The van der Waals surface area contributed by atoms with E-state index in [1.807, 2.05) is 0 Å². The highest BCUT2D eigenvalue weighted by atomic mass is 16.9. The van der Waals surface area contributed by atoms with Crippen LogP contribution in [0.1, 0.15) is 27.7 Å². The quantitative estimate of drug-likeness (QED) is 0.558. The topological polar surface area (TPSA) is 89.3 Å². The van der Waals surface area contributed by atoms with Crippen LogP contribution in [0, 0.1) is 10.1 Å². The van der Waals surface area contributed by atoms with E-state index in [-0.39, 0.29) is 0 Å². The highest BCUT2D eigenvalue weighted by Gasteiger charge is 2.60. The monoisotopic (exact) mass is 301 g/mol. The van der Waals surface area contributed by atoms with Crippen LogP contribution in [-0.2, 0) is 23.7 Å². The van der Waals surface area contributed by atoms with Crippen LogP contribution in [0.5, 0.6) is 0 Å². The Balaban J connectivity index is 1.86. The molecule has 0 aromatic heterocycles. The molecule has 0 bridgehead atoms.